The second-order valence-electron chi connectivity index (χ2n) is 4.37. The minimum Gasteiger partial charge on any atom is -0.468 e. The lowest BCUT2D eigenvalue weighted by molar-refractivity contribution is -0.143. The fourth-order valence-electron chi connectivity index (χ4n) is 1.99. The first-order valence-corrected chi connectivity index (χ1v) is 6.30. The Balaban J connectivity index is 2.51. The molecule has 1 fully saturated rings. The van der Waals surface area contributed by atoms with Gasteiger partial charge in [-0.15, -0.1) is 0 Å². The smallest absolute Gasteiger partial charge is 0.322 e. The Morgan fingerprint density at radius 3 is 3.00 bits per heavy atom. The Hall–Kier alpha value is -1.10. The minimum absolute atomic E-state index is 0.0124. The zero-order chi connectivity index (χ0) is 12.7. The van der Waals surface area contributed by atoms with Gasteiger partial charge in [0.15, 0.2) is 0 Å². The SMILES string of the molecule is CCCCC(NC1CCCNC1=O)C(=O)OC. The van der Waals surface area contributed by atoms with E-state index in [-0.39, 0.29) is 24.0 Å². The summed E-state index contributed by atoms with van der Waals surface area (Å²) in [6.07, 6.45) is 4.41. The van der Waals surface area contributed by atoms with Crippen LogP contribution in [-0.4, -0.2) is 37.6 Å². The van der Waals surface area contributed by atoms with Crippen molar-refractivity contribution in [2.45, 2.75) is 51.1 Å². The van der Waals surface area contributed by atoms with Crippen LogP contribution in [0.15, 0.2) is 0 Å². The number of carbonyl (C=O) groups excluding carboxylic acids is 2. The highest BCUT2D eigenvalue weighted by molar-refractivity contribution is 5.84. The van der Waals surface area contributed by atoms with Crippen molar-refractivity contribution in [3.8, 4) is 0 Å². The molecule has 1 aliphatic heterocycles. The number of methoxy groups -OCH3 is 1. The van der Waals surface area contributed by atoms with Crippen molar-refractivity contribution >= 4 is 11.9 Å². The molecule has 5 nitrogen and oxygen atoms in total. The van der Waals surface area contributed by atoms with Gasteiger partial charge in [0.1, 0.15) is 6.04 Å². The molecule has 0 spiro atoms. The molecule has 0 aliphatic carbocycles. The van der Waals surface area contributed by atoms with Crippen LogP contribution in [0, 0.1) is 0 Å². The summed E-state index contributed by atoms with van der Waals surface area (Å²) >= 11 is 0. The van der Waals surface area contributed by atoms with Crippen LogP contribution in [0.4, 0.5) is 0 Å². The van der Waals surface area contributed by atoms with E-state index in [0.717, 1.165) is 32.2 Å². The fraction of sp³-hybridized carbons (Fsp3) is 0.833. The van der Waals surface area contributed by atoms with Crippen molar-refractivity contribution in [1.82, 2.24) is 10.6 Å². The van der Waals surface area contributed by atoms with Crippen LogP contribution in [0.5, 0.6) is 0 Å². The molecule has 0 bridgehead atoms. The van der Waals surface area contributed by atoms with Crippen LogP contribution in [-0.2, 0) is 14.3 Å². The number of esters is 1. The van der Waals surface area contributed by atoms with Crippen molar-refractivity contribution in [3.05, 3.63) is 0 Å². The Labute approximate surface area is 102 Å². The first-order valence-electron chi connectivity index (χ1n) is 6.30. The maximum absolute atomic E-state index is 11.6. The highest BCUT2D eigenvalue weighted by Gasteiger charge is 2.28. The molecule has 2 atom stereocenters. The van der Waals surface area contributed by atoms with Gasteiger partial charge in [-0.25, -0.2) is 0 Å². The molecule has 1 amide bonds. The molecule has 5 heteroatoms. The predicted octanol–water partition coefficient (Wildman–Crippen LogP) is 0.586. The lowest BCUT2D eigenvalue weighted by atomic mass is 10.0. The monoisotopic (exact) mass is 242 g/mol. The summed E-state index contributed by atoms with van der Waals surface area (Å²) in [6, 6.07) is -0.626. The molecule has 1 aliphatic rings. The summed E-state index contributed by atoms with van der Waals surface area (Å²) in [5, 5.41) is 5.90. The van der Waals surface area contributed by atoms with Crippen LogP contribution < -0.4 is 10.6 Å². The maximum atomic E-state index is 11.6. The Morgan fingerprint density at radius 2 is 2.41 bits per heavy atom. The van der Waals surface area contributed by atoms with E-state index in [2.05, 4.69) is 17.6 Å². The molecule has 0 aromatic carbocycles. The molecule has 17 heavy (non-hydrogen) atoms. The van der Waals surface area contributed by atoms with E-state index in [4.69, 9.17) is 4.74 Å². The maximum Gasteiger partial charge on any atom is 0.322 e. The summed E-state index contributed by atoms with van der Waals surface area (Å²) in [7, 11) is 1.38. The number of unbranched alkanes of at least 4 members (excludes halogenated alkanes) is 1. The second-order valence-corrected chi connectivity index (χ2v) is 4.37. The van der Waals surface area contributed by atoms with Crippen molar-refractivity contribution in [3.63, 3.8) is 0 Å². The summed E-state index contributed by atoms with van der Waals surface area (Å²) in [6.45, 7) is 2.80. The van der Waals surface area contributed by atoms with Crippen LogP contribution >= 0.6 is 0 Å². The van der Waals surface area contributed by atoms with Gasteiger partial charge in [-0.1, -0.05) is 19.8 Å². The molecule has 0 aromatic rings. The summed E-state index contributed by atoms with van der Waals surface area (Å²) in [5.74, 6) is -0.293. The Kier molecular flexibility index (Phi) is 5.97. The Bertz CT molecular complexity index is 268. The molecule has 0 aromatic heterocycles. The number of amides is 1. The van der Waals surface area contributed by atoms with E-state index in [1.807, 2.05) is 0 Å². The third kappa shape index (κ3) is 4.34. The van der Waals surface area contributed by atoms with Gasteiger partial charge in [0.05, 0.1) is 13.2 Å². The largest absolute Gasteiger partial charge is 0.468 e. The van der Waals surface area contributed by atoms with E-state index >= 15 is 0 Å². The first-order chi connectivity index (χ1) is 8.19. The average molecular weight is 242 g/mol. The third-order valence-corrected chi connectivity index (χ3v) is 3.02. The minimum atomic E-state index is -0.367. The molecular formula is C12H22N2O3. The fourth-order valence-corrected chi connectivity index (χ4v) is 1.99. The van der Waals surface area contributed by atoms with Gasteiger partial charge in [0.25, 0.3) is 0 Å². The molecule has 1 heterocycles. The summed E-state index contributed by atoms with van der Waals surface area (Å²) in [5.41, 5.74) is 0. The van der Waals surface area contributed by atoms with E-state index in [1.165, 1.54) is 7.11 Å². The molecular weight excluding hydrogens is 220 g/mol. The molecule has 2 unspecified atom stereocenters. The summed E-state index contributed by atoms with van der Waals surface area (Å²) < 4.78 is 4.75. The van der Waals surface area contributed by atoms with Crippen molar-refractivity contribution in [2.75, 3.05) is 13.7 Å². The Morgan fingerprint density at radius 1 is 1.65 bits per heavy atom. The van der Waals surface area contributed by atoms with Crippen molar-refractivity contribution in [2.24, 2.45) is 0 Å². The van der Waals surface area contributed by atoms with Gasteiger partial charge in [0.2, 0.25) is 5.91 Å². The van der Waals surface area contributed by atoms with Gasteiger partial charge in [0, 0.05) is 6.54 Å². The zero-order valence-corrected chi connectivity index (χ0v) is 10.6. The normalized spacial score (nSPS) is 21.8. The molecule has 0 saturated carbocycles. The lowest BCUT2D eigenvalue weighted by Crippen LogP contribution is -2.53. The van der Waals surface area contributed by atoms with Crippen molar-refractivity contribution < 1.29 is 14.3 Å². The van der Waals surface area contributed by atoms with Gasteiger partial charge in [-0.2, -0.15) is 0 Å². The third-order valence-electron chi connectivity index (χ3n) is 3.02. The number of hydrogen-bond donors (Lipinski definition) is 2. The van der Waals surface area contributed by atoms with Gasteiger partial charge in [-0.3, -0.25) is 14.9 Å². The molecule has 2 N–H and O–H groups in total. The second kappa shape index (κ2) is 7.27. The average Bonchev–Trinajstić information content (AvgIpc) is 2.35. The lowest BCUT2D eigenvalue weighted by Gasteiger charge is -2.26. The number of rotatable bonds is 6. The van der Waals surface area contributed by atoms with E-state index in [0.29, 0.717) is 6.42 Å². The molecule has 1 rings (SSSR count). The number of ether oxygens (including phenoxy) is 1. The van der Waals surface area contributed by atoms with Crippen LogP contribution in [0.2, 0.25) is 0 Å². The topological polar surface area (TPSA) is 67.4 Å². The first kappa shape index (κ1) is 14.0. The number of nitrogens with one attached hydrogen (secondary N) is 2. The number of hydrogen-bond acceptors (Lipinski definition) is 4. The zero-order valence-electron chi connectivity index (χ0n) is 10.6. The van der Waals surface area contributed by atoms with Crippen LogP contribution in [0.3, 0.4) is 0 Å². The standard InChI is InChI=1S/C12H22N2O3/c1-3-4-6-10(12(16)17-2)14-9-7-5-8-13-11(9)15/h9-10,14H,3-8H2,1-2H3,(H,13,15). The summed E-state index contributed by atoms with van der Waals surface area (Å²) in [4.78, 5) is 23.2. The quantitative estimate of drug-likeness (QED) is 0.669. The van der Waals surface area contributed by atoms with Crippen LogP contribution in [0.25, 0.3) is 0 Å². The van der Waals surface area contributed by atoms with Crippen LogP contribution in [0.1, 0.15) is 39.0 Å². The highest BCUT2D eigenvalue weighted by Crippen LogP contribution is 2.08. The highest BCUT2D eigenvalue weighted by atomic mass is 16.5. The van der Waals surface area contributed by atoms with Gasteiger partial charge >= 0.3 is 5.97 Å². The van der Waals surface area contributed by atoms with Crippen molar-refractivity contribution in [1.29, 1.82) is 0 Å². The predicted molar refractivity (Wildman–Crippen MR) is 64.5 cm³/mol. The van der Waals surface area contributed by atoms with E-state index < -0.39 is 0 Å². The number of carbonyl (C=O) groups is 2. The van der Waals surface area contributed by atoms with Gasteiger partial charge in [-0.05, 0) is 19.3 Å². The number of piperidine rings is 1. The van der Waals surface area contributed by atoms with E-state index in [9.17, 15) is 9.59 Å². The van der Waals surface area contributed by atoms with Gasteiger partial charge < -0.3 is 10.1 Å². The molecule has 1 saturated heterocycles. The molecule has 98 valence electrons. The molecule has 0 radical (unpaired) electrons. The van der Waals surface area contributed by atoms with E-state index in [1.54, 1.807) is 0 Å².